The first-order valence-corrected chi connectivity index (χ1v) is 8.97. The van der Waals surface area contributed by atoms with Crippen molar-refractivity contribution >= 4 is 11.3 Å². The number of hydrogen-bond acceptors (Lipinski definition) is 5. The zero-order valence-corrected chi connectivity index (χ0v) is 14.3. The zero-order chi connectivity index (χ0) is 16.9. The Kier molecular flexibility index (Phi) is 4.68. The average molecular weight is 347 g/mol. The van der Waals surface area contributed by atoms with E-state index in [-0.39, 0.29) is 6.04 Å². The third-order valence-corrected chi connectivity index (χ3v) is 4.84. The van der Waals surface area contributed by atoms with Crippen LogP contribution in [0.15, 0.2) is 82.6 Å². The van der Waals surface area contributed by atoms with Gasteiger partial charge >= 0.3 is 0 Å². The molecule has 0 spiro atoms. The number of benzene rings is 2. The van der Waals surface area contributed by atoms with E-state index in [1.165, 1.54) is 10.4 Å². The lowest BCUT2D eigenvalue weighted by atomic mass is 10.1. The summed E-state index contributed by atoms with van der Waals surface area (Å²) in [6.45, 7) is 0.511. The molecule has 124 valence electrons. The molecule has 0 aliphatic heterocycles. The smallest absolute Gasteiger partial charge is 0.247 e. The normalized spacial score (nSPS) is 12.2. The van der Waals surface area contributed by atoms with Gasteiger partial charge in [-0.15, -0.1) is 21.5 Å². The van der Waals surface area contributed by atoms with Crippen molar-refractivity contribution in [1.82, 2.24) is 15.5 Å². The maximum atomic E-state index is 5.79. The monoisotopic (exact) mass is 347 g/mol. The summed E-state index contributed by atoms with van der Waals surface area (Å²) in [6.07, 6.45) is 0. The Bertz CT molecular complexity index is 905. The quantitative estimate of drug-likeness (QED) is 0.550. The van der Waals surface area contributed by atoms with Gasteiger partial charge in [0.15, 0.2) is 0 Å². The van der Waals surface area contributed by atoms with E-state index >= 15 is 0 Å². The molecule has 0 saturated heterocycles. The van der Waals surface area contributed by atoms with E-state index < -0.39 is 0 Å². The van der Waals surface area contributed by atoms with Gasteiger partial charge in [0.2, 0.25) is 11.8 Å². The fourth-order valence-corrected chi connectivity index (χ4v) is 3.52. The van der Waals surface area contributed by atoms with Crippen molar-refractivity contribution in [3.63, 3.8) is 0 Å². The Hall–Kier alpha value is -2.76. The lowest BCUT2D eigenvalue weighted by Gasteiger charge is -2.16. The van der Waals surface area contributed by atoms with Gasteiger partial charge in [0.1, 0.15) is 0 Å². The van der Waals surface area contributed by atoms with E-state index in [0.717, 1.165) is 5.56 Å². The summed E-state index contributed by atoms with van der Waals surface area (Å²) >= 11 is 1.73. The van der Waals surface area contributed by atoms with Crippen LogP contribution in [0.5, 0.6) is 0 Å². The molecule has 0 bridgehead atoms. The van der Waals surface area contributed by atoms with Crippen LogP contribution < -0.4 is 5.32 Å². The first-order chi connectivity index (χ1) is 12.4. The van der Waals surface area contributed by atoms with Crippen LogP contribution in [0.3, 0.4) is 0 Å². The molecular weight excluding hydrogens is 330 g/mol. The molecule has 0 fully saturated rings. The lowest BCUT2D eigenvalue weighted by Crippen LogP contribution is -2.21. The molecule has 0 aliphatic rings. The second kappa shape index (κ2) is 7.42. The van der Waals surface area contributed by atoms with Crippen molar-refractivity contribution in [3.8, 4) is 11.5 Å². The van der Waals surface area contributed by atoms with E-state index in [0.29, 0.717) is 18.3 Å². The van der Waals surface area contributed by atoms with Gasteiger partial charge in [-0.2, -0.15) is 0 Å². The lowest BCUT2D eigenvalue weighted by molar-refractivity contribution is 0.463. The zero-order valence-electron chi connectivity index (χ0n) is 13.5. The van der Waals surface area contributed by atoms with Crippen LogP contribution in [-0.4, -0.2) is 10.2 Å². The maximum Gasteiger partial charge on any atom is 0.247 e. The average Bonchev–Trinajstić information content (AvgIpc) is 3.36. The van der Waals surface area contributed by atoms with Gasteiger partial charge in [0.05, 0.1) is 12.6 Å². The van der Waals surface area contributed by atoms with Crippen molar-refractivity contribution in [2.24, 2.45) is 0 Å². The number of hydrogen-bond donors (Lipinski definition) is 1. The van der Waals surface area contributed by atoms with Crippen LogP contribution in [0.25, 0.3) is 11.5 Å². The molecule has 2 heterocycles. The molecule has 2 aromatic heterocycles. The topological polar surface area (TPSA) is 51.0 Å². The molecule has 4 nitrogen and oxygen atoms in total. The van der Waals surface area contributed by atoms with Crippen LogP contribution >= 0.6 is 11.3 Å². The second-order valence-electron chi connectivity index (χ2n) is 5.61. The summed E-state index contributed by atoms with van der Waals surface area (Å²) in [5.74, 6) is 1.13. The van der Waals surface area contributed by atoms with Gasteiger partial charge < -0.3 is 4.42 Å². The minimum absolute atomic E-state index is 0.105. The molecular formula is C20H17N3OS. The fourth-order valence-electron chi connectivity index (χ4n) is 2.70. The van der Waals surface area contributed by atoms with Gasteiger partial charge in [-0.05, 0) is 29.1 Å². The highest BCUT2D eigenvalue weighted by molar-refractivity contribution is 7.10. The van der Waals surface area contributed by atoms with Gasteiger partial charge in [-0.1, -0.05) is 54.6 Å². The molecule has 25 heavy (non-hydrogen) atoms. The maximum absolute atomic E-state index is 5.79. The molecule has 4 rings (SSSR count). The third-order valence-electron chi connectivity index (χ3n) is 3.91. The molecule has 0 aliphatic carbocycles. The Labute approximate surface area is 150 Å². The van der Waals surface area contributed by atoms with Crippen molar-refractivity contribution in [2.45, 2.75) is 12.6 Å². The fraction of sp³-hybridized carbons (Fsp3) is 0.100. The Balaban J connectivity index is 1.51. The number of nitrogens with zero attached hydrogens (tertiary/aromatic N) is 2. The minimum Gasteiger partial charge on any atom is -0.419 e. The van der Waals surface area contributed by atoms with Gasteiger partial charge in [-0.25, -0.2) is 0 Å². The van der Waals surface area contributed by atoms with Crippen molar-refractivity contribution in [1.29, 1.82) is 0 Å². The van der Waals surface area contributed by atoms with E-state index in [2.05, 4.69) is 57.3 Å². The molecule has 2 aromatic carbocycles. The summed E-state index contributed by atoms with van der Waals surface area (Å²) in [5, 5.41) is 13.9. The molecule has 1 N–H and O–H groups in total. The Morgan fingerprint density at radius 1 is 0.880 bits per heavy atom. The Morgan fingerprint density at radius 3 is 2.36 bits per heavy atom. The third kappa shape index (κ3) is 3.68. The molecule has 0 amide bonds. The SMILES string of the molecule is c1ccc(-c2nnc(CN[C@@H](c3ccccc3)c3cccs3)o2)cc1. The largest absolute Gasteiger partial charge is 0.419 e. The number of nitrogens with one attached hydrogen (secondary N) is 1. The van der Waals surface area contributed by atoms with Gasteiger partial charge in [-0.3, -0.25) is 5.32 Å². The summed E-state index contributed by atoms with van der Waals surface area (Å²) in [7, 11) is 0. The first-order valence-electron chi connectivity index (χ1n) is 8.10. The molecule has 0 saturated carbocycles. The van der Waals surface area contributed by atoms with Crippen LogP contribution in [-0.2, 0) is 6.54 Å². The standard InChI is InChI=1S/C20H17N3OS/c1-3-8-15(9-4-1)19(17-12-7-13-25-17)21-14-18-22-23-20(24-18)16-10-5-2-6-11-16/h1-13,19,21H,14H2/t19-/m0/s1. The van der Waals surface area contributed by atoms with Crippen LogP contribution in [0.2, 0.25) is 0 Å². The van der Waals surface area contributed by atoms with Crippen molar-refractivity contribution in [3.05, 3.63) is 94.5 Å². The summed E-state index contributed by atoms with van der Waals surface area (Å²) in [5.41, 5.74) is 2.15. The predicted molar refractivity (Wildman–Crippen MR) is 99.2 cm³/mol. The highest BCUT2D eigenvalue weighted by Gasteiger charge is 2.16. The van der Waals surface area contributed by atoms with E-state index in [1.54, 1.807) is 11.3 Å². The number of thiophene rings is 1. The van der Waals surface area contributed by atoms with E-state index in [1.807, 2.05) is 36.4 Å². The molecule has 5 heteroatoms. The highest BCUT2D eigenvalue weighted by Crippen LogP contribution is 2.26. The minimum atomic E-state index is 0.105. The number of rotatable bonds is 6. The summed E-state index contributed by atoms with van der Waals surface area (Å²) in [4.78, 5) is 1.26. The molecule has 1 atom stereocenters. The van der Waals surface area contributed by atoms with Crippen LogP contribution in [0.4, 0.5) is 0 Å². The first kappa shape index (κ1) is 15.7. The highest BCUT2D eigenvalue weighted by atomic mass is 32.1. The van der Waals surface area contributed by atoms with E-state index in [9.17, 15) is 0 Å². The molecule has 4 aromatic rings. The summed E-state index contributed by atoms with van der Waals surface area (Å²) < 4.78 is 5.79. The Morgan fingerprint density at radius 2 is 1.64 bits per heavy atom. The van der Waals surface area contributed by atoms with Crippen molar-refractivity contribution < 1.29 is 4.42 Å². The summed E-state index contributed by atoms with van der Waals surface area (Å²) in [6, 6.07) is 24.5. The molecule has 0 radical (unpaired) electrons. The number of aromatic nitrogens is 2. The van der Waals surface area contributed by atoms with Crippen molar-refractivity contribution in [2.75, 3.05) is 0 Å². The van der Waals surface area contributed by atoms with Gasteiger partial charge in [0, 0.05) is 10.4 Å². The van der Waals surface area contributed by atoms with Crippen LogP contribution in [0.1, 0.15) is 22.4 Å². The van der Waals surface area contributed by atoms with Gasteiger partial charge in [0.25, 0.3) is 0 Å². The van der Waals surface area contributed by atoms with E-state index in [4.69, 9.17) is 4.42 Å². The second-order valence-corrected chi connectivity index (χ2v) is 6.59. The predicted octanol–water partition coefficient (Wildman–Crippen LogP) is 4.68. The molecule has 0 unspecified atom stereocenters. The van der Waals surface area contributed by atoms with Crippen LogP contribution in [0, 0.1) is 0 Å².